The molecule has 3 aromatic heterocycles. The summed E-state index contributed by atoms with van der Waals surface area (Å²) in [4.78, 5) is 9.01. The van der Waals surface area contributed by atoms with Gasteiger partial charge in [-0.25, -0.2) is 18.7 Å². The first-order chi connectivity index (χ1) is 13.1. The molecule has 5 nitrogen and oxygen atoms in total. The molecule has 0 atom stereocenters. The molecule has 4 heterocycles. The highest BCUT2D eigenvalue weighted by Gasteiger charge is 2.45. The highest BCUT2D eigenvalue weighted by Crippen LogP contribution is 2.46. The first-order valence-electron chi connectivity index (χ1n) is 9.32. The van der Waals surface area contributed by atoms with Gasteiger partial charge >= 0.3 is 0 Å². The maximum absolute atomic E-state index is 13.1. The van der Waals surface area contributed by atoms with E-state index in [0.717, 1.165) is 24.6 Å². The van der Waals surface area contributed by atoms with Crippen molar-refractivity contribution in [1.82, 2.24) is 19.7 Å². The number of hydrogen-bond acceptors (Lipinski definition) is 4. The van der Waals surface area contributed by atoms with Gasteiger partial charge in [-0.15, -0.1) is 0 Å². The Morgan fingerprint density at radius 3 is 2.89 bits per heavy atom. The van der Waals surface area contributed by atoms with Gasteiger partial charge in [0.15, 0.2) is 0 Å². The number of hydrogen-bond donors (Lipinski definition) is 2. The van der Waals surface area contributed by atoms with Crippen molar-refractivity contribution in [3.05, 3.63) is 48.3 Å². The second-order valence-electron chi connectivity index (χ2n) is 7.72. The van der Waals surface area contributed by atoms with Crippen molar-refractivity contribution in [2.75, 3.05) is 18.4 Å². The number of alkyl halides is 2. The van der Waals surface area contributed by atoms with E-state index < -0.39 is 6.43 Å². The molecule has 7 heteroatoms. The van der Waals surface area contributed by atoms with Crippen molar-refractivity contribution in [2.24, 2.45) is 5.41 Å². The monoisotopic (exact) mass is 369 g/mol. The molecule has 2 fully saturated rings. The fourth-order valence-electron chi connectivity index (χ4n) is 4.41. The molecule has 2 N–H and O–H groups in total. The third-order valence-corrected chi connectivity index (χ3v) is 5.83. The molecule has 0 radical (unpaired) electrons. The number of nitrogens with one attached hydrogen (secondary N) is 2. The lowest BCUT2D eigenvalue weighted by atomic mass is 9.65. The van der Waals surface area contributed by atoms with Crippen molar-refractivity contribution < 1.29 is 8.78 Å². The van der Waals surface area contributed by atoms with Gasteiger partial charge in [0.1, 0.15) is 11.5 Å². The van der Waals surface area contributed by atoms with Crippen LogP contribution in [0.3, 0.4) is 0 Å². The van der Waals surface area contributed by atoms with Gasteiger partial charge in [-0.3, -0.25) is 4.40 Å². The van der Waals surface area contributed by atoms with E-state index in [1.54, 1.807) is 16.7 Å². The van der Waals surface area contributed by atoms with E-state index in [4.69, 9.17) is 4.98 Å². The van der Waals surface area contributed by atoms with Crippen LogP contribution in [0.2, 0.25) is 0 Å². The van der Waals surface area contributed by atoms with E-state index in [1.165, 1.54) is 31.5 Å². The predicted octanol–water partition coefficient (Wildman–Crippen LogP) is 3.89. The third-order valence-electron chi connectivity index (χ3n) is 5.83. The van der Waals surface area contributed by atoms with Gasteiger partial charge in [-0.2, -0.15) is 0 Å². The van der Waals surface area contributed by atoms with Crippen LogP contribution in [-0.2, 0) is 0 Å². The van der Waals surface area contributed by atoms with Crippen LogP contribution < -0.4 is 10.6 Å². The van der Waals surface area contributed by atoms with E-state index in [9.17, 15) is 8.78 Å². The molecule has 0 aromatic carbocycles. The Morgan fingerprint density at radius 2 is 2.11 bits per heavy atom. The first kappa shape index (κ1) is 16.6. The molecular weight excluding hydrogens is 348 g/mol. The zero-order valence-corrected chi connectivity index (χ0v) is 14.8. The van der Waals surface area contributed by atoms with E-state index in [-0.39, 0.29) is 5.56 Å². The Labute approximate surface area is 155 Å². The molecule has 2 aliphatic rings. The van der Waals surface area contributed by atoms with Crippen molar-refractivity contribution in [1.29, 1.82) is 0 Å². The highest BCUT2D eigenvalue weighted by molar-refractivity contribution is 5.62. The fraction of sp³-hybridized carbons (Fsp3) is 0.400. The van der Waals surface area contributed by atoms with Crippen LogP contribution in [0.4, 0.5) is 14.6 Å². The van der Waals surface area contributed by atoms with Gasteiger partial charge < -0.3 is 10.6 Å². The van der Waals surface area contributed by atoms with Gasteiger partial charge in [-0.1, -0.05) is 6.07 Å². The van der Waals surface area contributed by atoms with Crippen LogP contribution >= 0.6 is 0 Å². The highest BCUT2D eigenvalue weighted by atomic mass is 19.3. The number of pyridine rings is 2. The van der Waals surface area contributed by atoms with Crippen molar-refractivity contribution >= 4 is 11.5 Å². The second-order valence-corrected chi connectivity index (χ2v) is 7.72. The van der Waals surface area contributed by atoms with Gasteiger partial charge in [0.05, 0.1) is 17.6 Å². The summed E-state index contributed by atoms with van der Waals surface area (Å²) in [5.41, 5.74) is 2.50. The quantitative estimate of drug-likeness (QED) is 0.733. The molecule has 1 spiro atoms. The summed E-state index contributed by atoms with van der Waals surface area (Å²) in [6, 6.07) is 9.23. The van der Waals surface area contributed by atoms with Gasteiger partial charge in [0.2, 0.25) is 0 Å². The van der Waals surface area contributed by atoms with Crippen LogP contribution in [0.25, 0.3) is 17.0 Å². The molecular formula is C20H21F2N5. The average Bonchev–Trinajstić information content (AvgIpc) is 3.28. The summed E-state index contributed by atoms with van der Waals surface area (Å²) < 4.78 is 27.8. The number of fused-ring (bicyclic) bond motifs is 1. The Hall–Kier alpha value is -2.54. The molecule has 0 unspecified atom stereocenters. The molecule has 1 saturated heterocycles. The summed E-state index contributed by atoms with van der Waals surface area (Å²) in [6.07, 6.45) is 4.19. The molecule has 1 aliphatic heterocycles. The SMILES string of the molecule is FC(F)c1ccc2ncc(-c3cccc(NC4CC5(CCNC5)C4)n3)n2c1. The molecule has 3 aromatic rings. The minimum Gasteiger partial charge on any atom is -0.367 e. The smallest absolute Gasteiger partial charge is 0.265 e. The van der Waals surface area contributed by atoms with Crippen LogP contribution in [0.1, 0.15) is 31.3 Å². The maximum atomic E-state index is 13.1. The largest absolute Gasteiger partial charge is 0.367 e. The average molecular weight is 369 g/mol. The molecule has 1 aliphatic carbocycles. The number of imidazole rings is 1. The van der Waals surface area contributed by atoms with Crippen molar-refractivity contribution in [3.63, 3.8) is 0 Å². The predicted molar refractivity (Wildman–Crippen MR) is 99.9 cm³/mol. The van der Waals surface area contributed by atoms with Crippen molar-refractivity contribution in [2.45, 2.75) is 31.7 Å². The number of aromatic nitrogens is 3. The minimum atomic E-state index is -2.51. The molecule has 0 bridgehead atoms. The maximum Gasteiger partial charge on any atom is 0.265 e. The van der Waals surface area contributed by atoms with Crippen LogP contribution in [-0.4, -0.2) is 33.5 Å². The summed E-state index contributed by atoms with van der Waals surface area (Å²) in [5, 5.41) is 6.97. The fourth-order valence-corrected chi connectivity index (χ4v) is 4.41. The molecule has 27 heavy (non-hydrogen) atoms. The lowest BCUT2D eigenvalue weighted by molar-refractivity contribution is 0.141. The van der Waals surface area contributed by atoms with E-state index in [2.05, 4.69) is 15.6 Å². The third kappa shape index (κ3) is 2.96. The second kappa shape index (κ2) is 6.27. The number of anilines is 1. The van der Waals surface area contributed by atoms with Crippen LogP contribution in [0, 0.1) is 5.41 Å². The minimum absolute atomic E-state index is 0.0269. The summed E-state index contributed by atoms with van der Waals surface area (Å²) in [7, 11) is 0. The Kier molecular flexibility index (Phi) is 3.86. The number of halogens is 2. The standard InChI is InChI=1S/C20H21F2N5/c21-19(22)13-4-5-18-24-10-16(27(18)11-13)15-2-1-3-17(26-15)25-14-8-20(9-14)6-7-23-12-20/h1-5,10-11,14,19,23H,6-9,12H2,(H,25,26). The lowest BCUT2D eigenvalue weighted by Gasteiger charge is -2.45. The summed E-state index contributed by atoms with van der Waals surface area (Å²) in [6.45, 7) is 2.24. The Balaban J connectivity index is 1.39. The van der Waals surface area contributed by atoms with Gasteiger partial charge in [0, 0.05) is 24.3 Å². The van der Waals surface area contributed by atoms with E-state index in [1.807, 2.05) is 18.2 Å². The lowest BCUT2D eigenvalue weighted by Crippen LogP contribution is -2.46. The van der Waals surface area contributed by atoms with Crippen LogP contribution in [0.15, 0.2) is 42.7 Å². The Morgan fingerprint density at radius 1 is 1.22 bits per heavy atom. The van der Waals surface area contributed by atoms with Gasteiger partial charge in [0.25, 0.3) is 6.43 Å². The number of nitrogens with zero attached hydrogens (tertiary/aromatic N) is 3. The zero-order chi connectivity index (χ0) is 18.4. The molecule has 5 rings (SSSR count). The van der Waals surface area contributed by atoms with Crippen molar-refractivity contribution in [3.8, 4) is 11.4 Å². The summed E-state index contributed by atoms with van der Waals surface area (Å²) in [5.74, 6) is 0.818. The first-order valence-corrected chi connectivity index (χ1v) is 9.32. The Bertz CT molecular complexity index is 969. The van der Waals surface area contributed by atoms with Crippen LogP contribution in [0.5, 0.6) is 0 Å². The van der Waals surface area contributed by atoms with E-state index in [0.29, 0.717) is 22.8 Å². The molecule has 140 valence electrons. The molecule has 0 amide bonds. The van der Waals surface area contributed by atoms with E-state index >= 15 is 0 Å². The van der Waals surface area contributed by atoms with Gasteiger partial charge in [-0.05, 0) is 55.5 Å². The zero-order valence-electron chi connectivity index (χ0n) is 14.8. The normalized spacial score (nSPS) is 24.6. The summed E-state index contributed by atoms with van der Waals surface area (Å²) >= 11 is 0. The molecule has 1 saturated carbocycles. The number of rotatable bonds is 4. The topological polar surface area (TPSA) is 54.2 Å².